The van der Waals surface area contributed by atoms with E-state index in [0.717, 1.165) is 22.9 Å². The molecule has 0 amide bonds. The van der Waals surface area contributed by atoms with Crippen molar-refractivity contribution < 1.29 is 18.0 Å². The zero-order valence-electron chi connectivity index (χ0n) is 14.7. The Morgan fingerprint density at radius 1 is 1.04 bits per heavy atom. The molecule has 4 nitrogen and oxygen atoms in total. The zero-order valence-corrected chi connectivity index (χ0v) is 14.7. The number of benzene rings is 2. The van der Waals surface area contributed by atoms with Crippen LogP contribution in [0.3, 0.4) is 0 Å². The van der Waals surface area contributed by atoms with Crippen LogP contribution in [0.4, 0.5) is 13.2 Å². The maximum atomic E-state index is 13.0. The number of aromatic nitrogens is 3. The summed E-state index contributed by atoms with van der Waals surface area (Å²) in [5, 5.41) is 5.84. The first-order valence-electron chi connectivity index (χ1n) is 8.46. The van der Waals surface area contributed by atoms with Crippen LogP contribution in [0.1, 0.15) is 27.3 Å². The van der Waals surface area contributed by atoms with Crippen LogP contribution < -0.4 is 0 Å². The number of halogens is 3. The average molecular weight is 381 g/mol. The Balaban J connectivity index is 1.77. The molecule has 4 rings (SSSR count). The van der Waals surface area contributed by atoms with E-state index >= 15 is 0 Å². The molecule has 0 aliphatic rings. The summed E-state index contributed by atoms with van der Waals surface area (Å²) in [6.07, 6.45) is -1.18. The van der Waals surface area contributed by atoms with Crippen LogP contribution in [0, 0.1) is 6.92 Å². The van der Waals surface area contributed by atoms with Crippen molar-refractivity contribution in [1.82, 2.24) is 14.8 Å². The molecule has 0 atom stereocenters. The second kappa shape index (κ2) is 6.60. The van der Waals surface area contributed by atoms with E-state index in [1.165, 1.54) is 16.8 Å². The highest BCUT2D eigenvalue weighted by Crippen LogP contribution is 2.30. The van der Waals surface area contributed by atoms with Crippen LogP contribution in [-0.4, -0.2) is 20.5 Å². The molecule has 0 aliphatic carbocycles. The van der Waals surface area contributed by atoms with Crippen LogP contribution in [0.5, 0.6) is 0 Å². The van der Waals surface area contributed by atoms with Gasteiger partial charge in [-0.15, -0.1) is 0 Å². The van der Waals surface area contributed by atoms with E-state index in [0.29, 0.717) is 11.3 Å². The first kappa shape index (κ1) is 17.9. The number of carbonyl (C=O) groups is 1. The van der Waals surface area contributed by atoms with Crippen molar-refractivity contribution in [2.24, 2.45) is 0 Å². The van der Waals surface area contributed by atoms with Crippen LogP contribution >= 0.6 is 0 Å². The Hall–Kier alpha value is -3.48. The quantitative estimate of drug-likeness (QED) is 0.470. The number of rotatable bonds is 3. The fourth-order valence-electron chi connectivity index (χ4n) is 3.12. The number of alkyl halides is 3. The lowest BCUT2D eigenvalue weighted by atomic mass is 10.0. The Morgan fingerprint density at radius 3 is 2.61 bits per heavy atom. The SMILES string of the molecule is Cc1cc(C(=O)c2cccc3cnccc23)nn1-c1cccc(C(F)(F)F)c1. The summed E-state index contributed by atoms with van der Waals surface area (Å²) in [7, 11) is 0. The first-order chi connectivity index (χ1) is 13.3. The van der Waals surface area contributed by atoms with Gasteiger partial charge in [0.25, 0.3) is 0 Å². The molecule has 140 valence electrons. The second-order valence-corrected chi connectivity index (χ2v) is 6.36. The van der Waals surface area contributed by atoms with Gasteiger partial charge >= 0.3 is 6.18 Å². The fraction of sp³-hybridized carbons (Fsp3) is 0.0952. The molecule has 28 heavy (non-hydrogen) atoms. The molecular weight excluding hydrogens is 367 g/mol. The minimum absolute atomic E-state index is 0.166. The van der Waals surface area contributed by atoms with Crippen molar-refractivity contribution >= 4 is 16.6 Å². The molecular formula is C21H14F3N3O. The largest absolute Gasteiger partial charge is 0.416 e. The van der Waals surface area contributed by atoms with Crippen LogP contribution in [-0.2, 0) is 6.18 Å². The number of aryl methyl sites for hydroxylation is 1. The van der Waals surface area contributed by atoms with E-state index in [1.807, 2.05) is 6.07 Å². The highest BCUT2D eigenvalue weighted by molar-refractivity contribution is 6.15. The van der Waals surface area contributed by atoms with E-state index in [1.54, 1.807) is 43.6 Å². The molecule has 0 unspecified atom stereocenters. The van der Waals surface area contributed by atoms with Crippen molar-refractivity contribution in [3.05, 3.63) is 89.5 Å². The summed E-state index contributed by atoms with van der Waals surface area (Å²) in [5.41, 5.74) is 0.667. The highest BCUT2D eigenvalue weighted by atomic mass is 19.4. The first-order valence-corrected chi connectivity index (χ1v) is 8.46. The van der Waals surface area contributed by atoms with Gasteiger partial charge in [0.15, 0.2) is 0 Å². The lowest BCUT2D eigenvalue weighted by Gasteiger charge is -2.09. The van der Waals surface area contributed by atoms with Crippen molar-refractivity contribution in [2.75, 3.05) is 0 Å². The average Bonchev–Trinajstić information content (AvgIpc) is 3.08. The summed E-state index contributed by atoms with van der Waals surface area (Å²) in [6, 6.07) is 13.5. The van der Waals surface area contributed by atoms with Gasteiger partial charge in [0.05, 0.1) is 11.3 Å². The second-order valence-electron chi connectivity index (χ2n) is 6.36. The molecule has 0 bridgehead atoms. The summed E-state index contributed by atoms with van der Waals surface area (Å²) in [5.74, 6) is -0.300. The van der Waals surface area contributed by atoms with Gasteiger partial charge in [-0.3, -0.25) is 9.78 Å². The Kier molecular flexibility index (Phi) is 4.22. The monoisotopic (exact) mass is 381 g/mol. The lowest BCUT2D eigenvalue weighted by molar-refractivity contribution is -0.137. The topological polar surface area (TPSA) is 47.8 Å². The zero-order chi connectivity index (χ0) is 19.9. The summed E-state index contributed by atoms with van der Waals surface area (Å²) < 4.78 is 40.3. The lowest BCUT2D eigenvalue weighted by Crippen LogP contribution is -2.08. The number of pyridine rings is 1. The van der Waals surface area contributed by atoms with E-state index in [2.05, 4.69) is 10.1 Å². The highest BCUT2D eigenvalue weighted by Gasteiger charge is 2.30. The molecule has 0 saturated carbocycles. The third kappa shape index (κ3) is 3.15. The molecule has 2 aromatic carbocycles. The van der Waals surface area contributed by atoms with Gasteiger partial charge in [-0.05, 0) is 42.6 Å². The minimum atomic E-state index is -4.45. The Morgan fingerprint density at radius 2 is 1.82 bits per heavy atom. The van der Waals surface area contributed by atoms with Crippen molar-refractivity contribution in [3.63, 3.8) is 0 Å². The molecule has 7 heteroatoms. The van der Waals surface area contributed by atoms with Gasteiger partial charge in [-0.25, -0.2) is 4.68 Å². The van der Waals surface area contributed by atoms with Gasteiger partial charge in [0.1, 0.15) is 5.69 Å². The molecule has 0 fully saturated rings. The smallest absolute Gasteiger partial charge is 0.287 e. The predicted molar refractivity (Wildman–Crippen MR) is 98.5 cm³/mol. The fourth-order valence-corrected chi connectivity index (χ4v) is 3.12. The number of fused-ring (bicyclic) bond motifs is 1. The number of hydrogen-bond acceptors (Lipinski definition) is 3. The minimum Gasteiger partial charge on any atom is -0.287 e. The van der Waals surface area contributed by atoms with Crippen LogP contribution in [0.15, 0.2) is 67.0 Å². The molecule has 0 aliphatic heterocycles. The van der Waals surface area contributed by atoms with Gasteiger partial charge in [0, 0.05) is 29.0 Å². The van der Waals surface area contributed by atoms with Gasteiger partial charge in [0.2, 0.25) is 5.78 Å². The van der Waals surface area contributed by atoms with Gasteiger partial charge in [-0.2, -0.15) is 18.3 Å². The summed E-state index contributed by atoms with van der Waals surface area (Å²) >= 11 is 0. The number of ketones is 1. The Labute approximate surface area is 158 Å². The number of hydrogen-bond donors (Lipinski definition) is 0. The van der Waals surface area contributed by atoms with Crippen molar-refractivity contribution in [3.8, 4) is 5.69 Å². The van der Waals surface area contributed by atoms with Gasteiger partial charge in [-0.1, -0.05) is 24.3 Å². The number of nitrogens with zero attached hydrogens (tertiary/aromatic N) is 3. The standard InChI is InChI=1S/C21H14F3N3O/c1-13-10-19(20(28)18-7-2-4-14-12-25-9-8-17(14)18)26-27(13)16-6-3-5-15(11-16)21(22,23)24/h2-12H,1H3. The van der Waals surface area contributed by atoms with E-state index < -0.39 is 11.7 Å². The third-order valence-corrected chi connectivity index (χ3v) is 4.46. The maximum absolute atomic E-state index is 13.0. The van der Waals surface area contributed by atoms with Crippen molar-refractivity contribution in [2.45, 2.75) is 13.1 Å². The normalized spacial score (nSPS) is 11.7. The molecule has 0 radical (unpaired) electrons. The predicted octanol–water partition coefficient (Wildman–Crippen LogP) is 4.98. The maximum Gasteiger partial charge on any atom is 0.416 e. The third-order valence-electron chi connectivity index (χ3n) is 4.46. The van der Waals surface area contributed by atoms with E-state index in [9.17, 15) is 18.0 Å². The van der Waals surface area contributed by atoms with Crippen LogP contribution in [0.2, 0.25) is 0 Å². The van der Waals surface area contributed by atoms with Gasteiger partial charge < -0.3 is 0 Å². The van der Waals surface area contributed by atoms with E-state index in [-0.39, 0.29) is 17.2 Å². The molecule has 0 N–H and O–H groups in total. The van der Waals surface area contributed by atoms with E-state index in [4.69, 9.17) is 0 Å². The molecule has 2 aromatic heterocycles. The number of carbonyl (C=O) groups excluding carboxylic acids is 1. The van der Waals surface area contributed by atoms with Crippen molar-refractivity contribution in [1.29, 1.82) is 0 Å². The van der Waals surface area contributed by atoms with Crippen LogP contribution in [0.25, 0.3) is 16.5 Å². The summed E-state index contributed by atoms with van der Waals surface area (Å²) in [6.45, 7) is 1.69. The molecule has 0 saturated heterocycles. The Bertz CT molecular complexity index is 1190. The summed E-state index contributed by atoms with van der Waals surface area (Å²) in [4.78, 5) is 17.1. The molecule has 4 aromatic rings. The molecule has 0 spiro atoms. The molecule has 2 heterocycles.